The number of benzene rings is 1. The van der Waals surface area contributed by atoms with Gasteiger partial charge in [-0.25, -0.2) is 4.79 Å². The molecule has 0 saturated carbocycles. The molecule has 0 aliphatic heterocycles. The molecule has 2 aromatic rings. The van der Waals surface area contributed by atoms with Crippen LogP contribution in [0.1, 0.15) is 27.7 Å². The van der Waals surface area contributed by atoms with Gasteiger partial charge in [0.05, 0.1) is 26.5 Å². The summed E-state index contributed by atoms with van der Waals surface area (Å²) in [7, 11) is 3.03. The molecular weight excluding hydrogens is 414 g/mol. The van der Waals surface area contributed by atoms with E-state index in [0.717, 1.165) is 0 Å². The van der Waals surface area contributed by atoms with Crippen molar-refractivity contribution in [3.8, 4) is 11.5 Å². The molecule has 10 heteroatoms. The fraction of sp³-hybridized carbons (Fsp3) is 0.500. The second-order valence-electron chi connectivity index (χ2n) is 8.39. The van der Waals surface area contributed by atoms with Crippen molar-refractivity contribution in [3.63, 3.8) is 0 Å². The van der Waals surface area contributed by atoms with E-state index < -0.39 is 11.2 Å². The Morgan fingerprint density at radius 1 is 1.16 bits per heavy atom. The quantitative estimate of drug-likeness (QED) is 0.507. The molecule has 2 rings (SSSR count). The van der Waals surface area contributed by atoms with Crippen LogP contribution in [0.25, 0.3) is 0 Å². The number of nitrogens with two attached hydrogens (primary N) is 1. The molecule has 0 bridgehead atoms. The van der Waals surface area contributed by atoms with Crippen LogP contribution in [0.5, 0.6) is 11.5 Å². The Hall–Kier alpha value is -3.43. The summed E-state index contributed by atoms with van der Waals surface area (Å²) >= 11 is 0. The highest BCUT2D eigenvalue weighted by Gasteiger charge is 2.23. The zero-order valence-corrected chi connectivity index (χ0v) is 19.5. The fourth-order valence-corrected chi connectivity index (χ4v) is 3.37. The third-order valence-corrected chi connectivity index (χ3v) is 4.68. The van der Waals surface area contributed by atoms with Gasteiger partial charge in [0.2, 0.25) is 5.91 Å². The van der Waals surface area contributed by atoms with Gasteiger partial charge in [0.15, 0.2) is 0 Å². The number of carbonyl (C=O) groups is 1. The number of anilines is 3. The largest absolute Gasteiger partial charge is 0.497 e. The summed E-state index contributed by atoms with van der Waals surface area (Å²) in [6, 6.07) is 5.03. The lowest BCUT2D eigenvalue weighted by Gasteiger charge is -2.27. The minimum absolute atomic E-state index is 0.0444. The molecule has 32 heavy (non-hydrogen) atoms. The minimum atomic E-state index is -0.622. The Kier molecular flexibility index (Phi) is 8.34. The van der Waals surface area contributed by atoms with Crippen LogP contribution in [-0.2, 0) is 11.3 Å². The summed E-state index contributed by atoms with van der Waals surface area (Å²) < 4.78 is 11.8. The molecule has 1 heterocycles. The van der Waals surface area contributed by atoms with E-state index in [2.05, 4.69) is 10.3 Å². The molecular formula is C22H33N5O5. The second-order valence-corrected chi connectivity index (χ2v) is 8.39. The highest BCUT2D eigenvalue weighted by atomic mass is 16.5. The number of hydrogen-bond donors (Lipinski definition) is 3. The van der Waals surface area contributed by atoms with Crippen LogP contribution in [-0.4, -0.2) is 42.8 Å². The summed E-state index contributed by atoms with van der Waals surface area (Å²) in [5.41, 5.74) is 5.64. The summed E-state index contributed by atoms with van der Waals surface area (Å²) in [5.74, 6) is 0.974. The molecule has 0 aliphatic rings. The van der Waals surface area contributed by atoms with Crippen molar-refractivity contribution in [1.82, 2.24) is 9.55 Å². The summed E-state index contributed by atoms with van der Waals surface area (Å²) in [4.78, 5) is 41.8. The van der Waals surface area contributed by atoms with Crippen LogP contribution < -0.4 is 36.7 Å². The van der Waals surface area contributed by atoms with Crippen molar-refractivity contribution in [2.45, 2.75) is 34.2 Å². The van der Waals surface area contributed by atoms with Crippen molar-refractivity contribution in [2.75, 3.05) is 43.3 Å². The molecule has 1 aromatic carbocycles. The van der Waals surface area contributed by atoms with E-state index in [0.29, 0.717) is 30.3 Å². The zero-order chi connectivity index (χ0) is 24.0. The molecule has 0 saturated heterocycles. The minimum Gasteiger partial charge on any atom is -0.497 e. The second kappa shape index (κ2) is 10.7. The SMILES string of the molecule is COc1ccc(NC(=O)CN(CC(C)C)c2c(N)n(CC(C)C)c(=O)[nH]c2=O)c(OC)c1. The zero-order valence-electron chi connectivity index (χ0n) is 19.5. The third kappa shape index (κ3) is 6.05. The molecule has 0 atom stereocenters. The van der Waals surface area contributed by atoms with Crippen LogP contribution in [0.3, 0.4) is 0 Å². The Balaban J connectivity index is 2.39. The van der Waals surface area contributed by atoms with E-state index >= 15 is 0 Å². The van der Waals surface area contributed by atoms with Crippen LogP contribution in [0.15, 0.2) is 27.8 Å². The van der Waals surface area contributed by atoms with Gasteiger partial charge in [-0.2, -0.15) is 0 Å². The lowest BCUT2D eigenvalue weighted by atomic mass is 10.2. The lowest BCUT2D eigenvalue weighted by Crippen LogP contribution is -2.43. The third-order valence-electron chi connectivity index (χ3n) is 4.68. The van der Waals surface area contributed by atoms with Crippen LogP contribution >= 0.6 is 0 Å². The van der Waals surface area contributed by atoms with Gasteiger partial charge in [0.25, 0.3) is 5.56 Å². The van der Waals surface area contributed by atoms with Gasteiger partial charge in [-0.1, -0.05) is 27.7 Å². The van der Waals surface area contributed by atoms with Crippen LogP contribution in [0, 0.1) is 11.8 Å². The van der Waals surface area contributed by atoms with E-state index in [9.17, 15) is 14.4 Å². The number of rotatable bonds is 10. The molecule has 10 nitrogen and oxygen atoms in total. The predicted molar refractivity (Wildman–Crippen MR) is 126 cm³/mol. The van der Waals surface area contributed by atoms with Gasteiger partial charge in [-0.3, -0.25) is 19.1 Å². The van der Waals surface area contributed by atoms with Gasteiger partial charge >= 0.3 is 5.69 Å². The molecule has 0 fully saturated rings. The summed E-state index contributed by atoms with van der Waals surface area (Å²) in [6.07, 6.45) is 0. The molecule has 0 aliphatic carbocycles. The summed E-state index contributed by atoms with van der Waals surface area (Å²) in [6.45, 7) is 8.41. The Morgan fingerprint density at radius 2 is 1.84 bits per heavy atom. The number of nitrogens with one attached hydrogen (secondary N) is 2. The van der Waals surface area contributed by atoms with E-state index in [4.69, 9.17) is 15.2 Å². The number of carbonyl (C=O) groups excluding carboxylic acids is 1. The maximum atomic E-state index is 12.9. The van der Waals surface area contributed by atoms with Gasteiger partial charge in [0.1, 0.15) is 23.0 Å². The highest BCUT2D eigenvalue weighted by molar-refractivity contribution is 5.95. The fourth-order valence-electron chi connectivity index (χ4n) is 3.37. The molecule has 1 amide bonds. The van der Waals surface area contributed by atoms with E-state index in [1.807, 2.05) is 27.7 Å². The lowest BCUT2D eigenvalue weighted by molar-refractivity contribution is -0.115. The number of aromatic amines is 1. The number of nitrogens with zero attached hydrogens (tertiary/aromatic N) is 2. The van der Waals surface area contributed by atoms with Crippen LogP contribution in [0.2, 0.25) is 0 Å². The monoisotopic (exact) mass is 447 g/mol. The average molecular weight is 448 g/mol. The Morgan fingerprint density at radius 3 is 2.41 bits per heavy atom. The van der Waals surface area contributed by atoms with Gasteiger partial charge in [0, 0.05) is 19.2 Å². The smallest absolute Gasteiger partial charge is 0.330 e. The first-order valence-corrected chi connectivity index (χ1v) is 10.5. The van der Waals surface area contributed by atoms with Gasteiger partial charge in [-0.05, 0) is 24.0 Å². The molecule has 4 N–H and O–H groups in total. The predicted octanol–water partition coefficient (Wildman–Crippen LogP) is 1.89. The van der Waals surface area contributed by atoms with Gasteiger partial charge < -0.3 is 25.4 Å². The standard InChI is InChI=1S/C22H33N5O5/c1-13(2)10-26(19-20(23)27(11-14(3)4)22(30)25-21(19)29)12-18(28)24-16-8-7-15(31-5)9-17(16)32-6/h7-9,13-14H,10-12,23H2,1-6H3,(H,24,28)(H,25,29,30). The van der Waals surface area contributed by atoms with Gasteiger partial charge in [-0.15, -0.1) is 0 Å². The van der Waals surface area contributed by atoms with Crippen molar-refractivity contribution in [1.29, 1.82) is 0 Å². The van der Waals surface area contributed by atoms with Crippen LogP contribution in [0.4, 0.5) is 17.2 Å². The summed E-state index contributed by atoms with van der Waals surface area (Å²) in [5, 5.41) is 2.80. The maximum absolute atomic E-state index is 12.9. The Labute approximate surface area is 187 Å². The molecule has 0 spiro atoms. The highest BCUT2D eigenvalue weighted by Crippen LogP contribution is 2.29. The first kappa shape index (κ1) is 24.8. The molecule has 0 radical (unpaired) electrons. The molecule has 1 aromatic heterocycles. The van der Waals surface area contributed by atoms with Crippen molar-refractivity contribution in [2.24, 2.45) is 11.8 Å². The van der Waals surface area contributed by atoms with E-state index in [1.165, 1.54) is 18.8 Å². The van der Waals surface area contributed by atoms with Crippen molar-refractivity contribution < 1.29 is 14.3 Å². The first-order valence-electron chi connectivity index (χ1n) is 10.5. The topological polar surface area (TPSA) is 132 Å². The number of aromatic nitrogens is 2. The number of nitrogen functional groups attached to an aromatic ring is 1. The maximum Gasteiger partial charge on any atom is 0.330 e. The number of hydrogen-bond acceptors (Lipinski definition) is 7. The average Bonchev–Trinajstić information content (AvgIpc) is 2.70. The first-order chi connectivity index (χ1) is 15.1. The van der Waals surface area contributed by atoms with Crippen molar-refractivity contribution in [3.05, 3.63) is 39.0 Å². The number of methoxy groups -OCH3 is 2. The van der Waals surface area contributed by atoms with Crippen molar-refractivity contribution >= 4 is 23.1 Å². The number of H-pyrrole nitrogens is 1. The molecule has 0 unspecified atom stereocenters. The Bertz CT molecular complexity index is 1060. The van der Waals surface area contributed by atoms with E-state index in [1.54, 1.807) is 23.1 Å². The number of ether oxygens (including phenoxy) is 2. The normalized spacial score (nSPS) is 11.0. The number of amides is 1. The van der Waals surface area contributed by atoms with E-state index in [-0.39, 0.29) is 35.8 Å². The molecule has 176 valence electrons.